The summed E-state index contributed by atoms with van der Waals surface area (Å²) >= 11 is 0. The molecule has 1 aliphatic rings. The summed E-state index contributed by atoms with van der Waals surface area (Å²) in [6.45, 7) is 1.86. The van der Waals surface area contributed by atoms with Crippen LogP contribution in [0.1, 0.15) is 10.4 Å². The van der Waals surface area contributed by atoms with Gasteiger partial charge in [-0.25, -0.2) is 0 Å². The van der Waals surface area contributed by atoms with Gasteiger partial charge in [0, 0.05) is 31.1 Å². The van der Waals surface area contributed by atoms with Gasteiger partial charge in [-0.1, -0.05) is 30.3 Å². The number of carbonyl (C=O) groups is 1. The molecule has 2 aromatic rings. The number of rotatable bonds is 3. The maximum atomic E-state index is 12.1. The van der Waals surface area contributed by atoms with Crippen molar-refractivity contribution in [1.29, 1.82) is 0 Å². The standard InChI is InChI=1S/C16H18N2O2.ClH/c19-15-10-17-8-14(15)9-18-16(20)13-6-5-11-3-1-2-4-12(11)7-13;/h1-7,14-15,17,19H,8-10H2,(H,18,20);1H. The van der Waals surface area contributed by atoms with Crippen LogP contribution in [0.15, 0.2) is 42.5 Å². The Labute approximate surface area is 130 Å². The highest BCUT2D eigenvalue weighted by Gasteiger charge is 2.25. The first-order chi connectivity index (χ1) is 9.74. The predicted octanol–water partition coefficient (Wildman–Crippen LogP) is 1.57. The van der Waals surface area contributed by atoms with E-state index in [0.717, 1.165) is 17.3 Å². The molecule has 2 aromatic carbocycles. The molecule has 1 amide bonds. The zero-order valence-electron chi connectivity index (χ0n) is 11.6. The molecule has 3 N–H and O–H groups in total. The first kappa shape index (κ1) is 15.8. The third-order valence-electron chi connectivity index (χ3n) is 3.84. The summed E-state index contributed by atoms with van der Waals surface area (Å²) in [4.78, 5) is 12.1. The second-order valence-electron chi connectivity index (χ2n) is 5.26. The van der Waals surface area contributed by atoms with Crippen molar-refractivity contribution in [1.82, 2.24) is 10.6 Å². The summed E-state index contributed by atoms with van der Waals surface area (Å²) in [5, 5.41) is 17.9. The Bertz CT molecular complexity index is 632. The van der Waals surface area contributed by atoms with Gasteiger partial charge in [0.1, 0.15) is 0 Å². The first-order valence-electron chi connectivity index (χ1n) is 6.90. The van der Waals surface area contributed by atoms with Crippen molar-refractivity contribution in [3.8, 4) is 0 Å². The van der Waals surface area contributed by atoms with Crippen LogP contribution in [-0.4, -0.2) is 36.8 Å². The molecule has 5 heteroatoms. The average molecular weight is 307 g/mol. The SMILES string of the molecule is Cl.O=C(NCC1CNCC1O)c1ccc2ccccc2c1. The van der Waals surface area contributed by atoms with E-state index in [1.807, 2.05) is 42.5 Å². The number of aliphatic hydroxyl groups is 1. The number of benzene rings is 2. The lowest BCUT2D eigenvalue weighted by atomic mass is 10.1. The molecular formula is C16H19ClN2O2. The maximum absolute atomic E-state index is 12.1. The summed E-state index contributed by atoms with van der Waals surface area (Å²) in [5.41, 5.74) is 0.657. The second-order valence-corrected chi connectivity index (χ2v) is 5.26. The minimum absolute atomic E-state index is 0. The highest BCUT2D eigenvalue weighted by molar-refractivity contribution is 5.98. The van der Waals surface area contributed by atoms with E-state index < -0.39 is 0 Å². The Morgan fingerprint density at radius 2 is 1.95 bits per heavy atom. The normalized spacial score (nSPS) is 21.0. The average Bonchev–Trinajstić information content (AvgIpc) is 2.89. The Balaban J connectivity index is 0.00000161. The van der Waals surface area contributed by atoms with E-state index in [1.165, 1.54) is 0 Å². The largest absolute Gasteiger partial charge is 0.391 e. The fourth-order valence-corrected chi connectivity index (χ4v) is 2.58. The van der Waals surface area contributed by atoms with Crippen molar-refractivity contribution in [3.63, 3.8) is 0 Å². The lowest BCUT2D eigenvalue weighted by molar-refractivity contribution is 0.0927. The van der Waals surface area contributed by atoms with Gasteiger partial charge >= 0.3 is 0 Å². The highest BCUT2D eigenvalue weighted by atomic mass is 35.5. The molecule has 1 saturated heterocycles. The first-order valence-corrected chi connectivity index (χ1v) is 6.90. The number of amides is 1. The van der Waals surface area contributed by atoms with Crippen molar-refractivity contribution in [2.45, 2.75) is 6.10 Å². The van der Waals surface area contributed by atoms with Crippen molar-refractivity contribution >= 4 is 29.1 Å². The van der Waals surface area contributed by atoms with Gasteiger partial charge in [-0.3, -0.25) is 4.79 Å². The summed E-state index contributed by atoms with van der Waals surface area (Å²) in [6.07, 6.45) is -0.369. The van der Waals surface area contributed by atoms with Crippen LogP contribution in [0.5, 0.6) is 0 Å². The van der Waals surface area contributed by atoms with Crippen LogP contribution >= 0.6 is 12.4 Å². The Morgan fingerprint density at radius 3 is 2.67 bits per heavy atom. The van der Waals surface area contributed by atoms with Crippen LogP contribution in [0.4, 0.5) is 0 Å². The van der Waals surface area contributed by atoms with Crippen LogP contribution in [-0.2, 0) is 0 Å². The van der Waals surface area contributed by atoms with Crippen LogP contribution < -0.4 is 10.6 Å². The van der Waals surface area contributed by atoms with Crippen LogP contribution in [0, 0.1) is 5.92 Å². The number of nitrogens with one attached hydrogen (secondary N) is 2. The molecule has 1 fully saturated rings. The van der Waals surface area contributed by atoms with Crippen LogP contribution in [0.2, 0.25) is 0 Å². The Kier molecular flexibility index (Phi) is 5.17. The lowest BCUT2D eigenvalue weighted by Crippen LogP contribution is -2.34. The number of β-amino-alcohol motifs (C(OH)–C–C–N with tert-alkyl or cyclic N) is 1. The van der Waals surface area contributed by atoms with E-state index in [-0.39, 0.29) is 30.3 Å². The van der Waals surface area contributed by atoms with E-state index in [1.54, 1.807) is 0 Å². The fourth-order valence-electron chi connectivity index (χ4n) is 2.58. The molecule has 3 rings (SSSR count). The number of hydrogen-bond acceptors (Lipinski definition) is 3. The molecular weight excluding hydrogens is 288 g/mol. The quantitative estimate of drug-likeness (QED) is 0.807. The van der Waals surface area contributed by atoms with Gasteiger partial charge in [0.2, 0.25) is 0 Å². The molecule has 0 aliphatic carbocycles. The zero-order valence-corrected chi connectivity index (χ0v) is 12.4. The third-order valence-corrected chi connectivity index (χ3v) is 3.84. The van der Waals surface area contributed by atoms with E-state index in [9.17, 15) is 9.90 Å². The fraction of sp³-hybridized carbons (Fsp3) is 0.312. The maximum Gasteiger partial charge on any atom is 0.251 e. The molecule has 1 aliphatic heterocycles. The van der Waals surface area contributed by atoms with Gasteiger partial charge in [0.15, 0.2) is 0 Å². The Hall–Kier alpha value is -1.62. The van der Waals surface area contributed by atoms with Crippen molar-refractivity contribution in [2.24, 2.45) is 5.92 Å². The summed E-state index contributed by atoms with van der Waals surface area (Å²) in [6, 6.07) is 13.7. The number of aliphatic hydroxyl groups excluding tert-OH is 1. The number of carbonyl (C=O) groups excluding carboxylic acids is 1. The van der Waals surface area contributed by atoms with Crippen molar-refractivity contribution < 1.29 is 9.90 Å². The van der Waals surface area contributed by atoms with Crippen LogP contribution in [0.3, 0.4) is 0 Å². The van der Waals surface area contributed by atoms with Gasteiger partial charge in [-0.05, 0) is 22.9 Å². The Morgan fingerprint density at radius 1 is 1.19 bits per heavy atom. The summed E-state index contributed by atoms with van der Waals surface area (Å²) in [7, 11) is 0. The van der Waals surface area contributed by atoms with E-state index in [4.69, 9.17) is 0 Å². The zero-order chi connectivity index (χ0) is 13.9. The molecule has 1 heterocycles. The summed E-state index contributed by atoms with van der Waals surface area (Å²) < 4.78 is 0. The van der Waals surface area contributed by atoms with E-state index in [0.29, 0.717) is 18.7 Å². The van der Waals surface area contributed by atoms with Crippen molar-refractivity contribution in [2.75, 3.05) is 19.6 Å². The monoisotopic (exact) mass is 306 g/mol. The number of hydrogen-bond donors (Lipinski definition) is 3. The molecule has 112 valence electrons. The van der Waals surface area contributed by atoms with Gasteiger partial charge in [-0.15, -0.1) is 12.4 Å². The molecule has 2 atom stereocenters. The van der Waals surface area contributed by atoms with E-state index in [2.05, 4.69) is 10.6 Å². The van der Waals surface area contributed by atoms with Crippen molar-refractivity contribution in [3.05, 3.63) is 48.0 Å². The van der Waals surface area contributed by atoms with Gasteiger partial charge in [0.25, 0.3) is 5.91 Å². The smallest absolute Gasteiger partial charge is 0.251 e. The number of fused-ring (bicyclic) bond motifs is 1. The topological polar surface area (TPSA) is 61.4 Å². The van der Waals surface area contributed by atoms with Gasteiger partial charge in [-0.2, -0.15) is 0 Å². The van der Waals surface area contributed by atoms with Crippen LogP contribution in [0.25, 0.3) is 10.8 Å². The molecule has 4 nitrogen and oxygen atoms in total. The molecule has 2 unspecified atom stereocenters. The molecule has 0 bridgehead atoms. The lowest BCUT2D eigenvalue weighted by Gasteiger charge is -2.14. The molecule has 21 heavy (non-hydrogen) atoms. The summed E-state index contributed by atoms with van der Waals surface area (Å²) in [5.74, 6) is 0.00857. The minimum atomic E-state index is -0.369. The predicted molar refractivity (Wildman–Crippen MR) is 85.9 cm³/mol. The third kappa shape index (κ3) is 3.53. The van der Waals surface area contributed by atoms with E-state index >= 15 is 0 Å². The molecule has 0 saturated carbocycles. The molecule has 0 radical (unpaired) electrons. The number of halogens is 1. The van der Waals surface area contributed by atoms with Gasteiger partial charge in [0.05, 0.1) is 6.10 Å². The molecule has 0 aromatic heterocycles. The molecule has 0 spiro atoms. The second kappa shape index (κ2) is 6.89. The highest BCUT2D eigenvalue weighted by Crippen LogP contribution is 2.15. The minimum Gasteiger partial charge on any atom is -0.391 e. The van der Waals surface area contributed by atoms with Gasteiger partial charge < -0.3 is 15.7 Å².